The third-order valence-corrected chi connectivity index (χ3v) is 5.01. The molecule has 3 rings (SSSR count). The first-order chi connectivity index (χ1) is 12.0. The quantitative estimate of drug-likeness (QED) is 0.388. The molecule has 0 aliphatic rings. The molecule has 0 N–H and O–H groups in total. The molecule has 0 aliphatic carbocycles. The molecule has 2 heterocycles. The summed E-state index contributed by atoms with van der Waals surface area (Å²) in [5.74, 6) is 2.02. The number of ketones is 1. The lowest BCUT2D eigenvalue weighted by Crippen LogP contribution is -1.94. The third-order valence-electron chi connectivity index (χ3n) is 3.58. The number of carbonyl (C=O) groups is 1. The number of rotatable bonds is 6. The molecular weight excluding hydrogens is 356 g/mol. The van der Waals surface area contributed by atoms with Crippen LogP contribution in [0.4, 0.5) is 0 Å². The van der Waals surface area contributed by atoms with E-state index in [1.54, 1.807) is 12.1 Å². The minimum Gasteiger partial charge on any atom is -0.486 e. The van der Waals surface area contributed by atoms with Gasteiger partial charge < -0.3 is 9.15 Å². The second-order valence-electron chi connectivity index (χ2n) is 5.61. The molecule has 0 radical (unpaired) electrons. The summed E-state index contributed by atoms with van der Waals surface area (Å²) < 4.78 is 11.4. The predicted octanol–water partition coefficient (Wildman–Crippen LogP) is 6.09. The van der Waals surface area contributed by atoms with Gasteiger partial charge >= 0.3 is 0 Å². The maximum atomic E-state index is 12.1. The first-order valence-electron chi connectivity index (χ1n) is 7.78. The van der Waals surface area contributed by atoms with Crippen molar-refractivity contribution in [2.45, 2.75) is 20.5 Å². The van der Waals surface area contributed by atoms with Crippen LogP contribution < -0.4 is 4.74 Å². The van der Waals surface area contributed by atoms with Crippen molar-refractivity contribution in [3.05, 3.63) is 80.4 Å². The summed E-state index contributed by atoms with van der Waals surface area (Å²) in [5, 5.41) is 0.711. The van der Waals surface area contributed by atoms with Crippen LogP contribution in [0.5, 0.6) is 5.75 Å². The average Bonchev–Trinajstić information content (AvgIpc) is 3.23. The summed E-state index contributed by atoms with van der Waals surface area (Å²) >= 11 is 7.48. The van der Waals surface area contributed by atoms with Gasteiger partial charge in [-0.15, -0.1) is 11.3 Å². The highest BCUT2D eigenvalue weighted by Gasteiger charge is 2.06. The maximum Gasteiger partial charge on any atom is 0.195 e. The highest BCUT2D eigenvalue weighted by molar-refractivity contribution is 7.14. The van der Waals surface area contributed by atoms with E-state index in [0.29, 0.717) is 23.2 Å². The molecule has 2 aromatic heterocycles. The van der Waals surface area contributed by atoms with Crippen molar-refractivity contribution in [2.75, 3.05) is 0 Å². The fraction of sp³-hybridized carbons (Fsp3) is 0.150. The van der Waals surface area contributed by atoms with Crippen LogP contribution in [0.25, 0.3) is 6.08 Å². The summed E-state index contributed by atoms with van der Waals surface area (Å²) in [4.78, 5) is 13.9. The monoisotopic (exact) mass is 372 g/mol. The van der Waals surface area contributed by atoms with Crippen LogP contribution in [0, 0.1) is 13.8 Å². The van der Waals surface area contributed by atoms with Crippen LogP contribution in [0.2, 0.25) is 5.02 Å². The van der Waals surface area contributed by atoms with E-state index >= 15 is 0 Å². The van der Waals surface area contributed by atoms with Gasteiger partial charge in [-0.2, -0.15) is 0 Å². The van der Waals surface area contributed by atoms with Crippen LogP contribution in [0.1, 0.15) is 31.6 Å². The van der Waals surface area contributed by atoms with Crippen molar-refractivity contribution in [1.29, 1.82) is 0 Å². The van der Waals surface area contributed by atoms with Gasteiger partial charge in [-0.05, 0) is 74.0 Å². The molecule has 0 spiro atoms. The van der Waals surface area contributed by atoms with Crippen molar-refractivity contribution in [1.82, 2.24) is 0 Å². The van der Waals surface area contributed by atoms with Gasteiger partial charge in [0.15, 0.2) is 5.78 Å². The predicted molar refractivity (Wildman–Crippen MR) is 102 cm³/mol. The Hall–Kier alpha value is -2.30. The largest absolute Gasteiger partial charge is 0.486 e. The van der Waals surface area contributed by atoms with Gasteiger partial charge in [0.25, 0.3) is 0 Å². The zero-order valence-electron chi connectivity index (χ0n) is 13.9. The molecule has 0 atom stereocenters. The molecule has 0 bridgehead atoms. The molecule has 3 nitrogen and oxygen atoms in total. The summed E-state index contributed by atoms with van der Waals surface area (Å²) in [6.07, 6.45) is 3.20. The molecule has 128 valence electrons. The van der Waals surface area contributed by atoms with E-state index in [-0.39, 0.29) is 5.78 Å². The summed E-state index contributed by atoms with van der Waals surface area (Å²) in [7, 11) is 0. The Morgan fingerprint density at radius 1 is 1.20 bits per heavy atom. The molecule has 0 aliphatic heterocycles. The van der Waals surface area contributed by atoms with Gasteiger partial charge in [0, 0.05) is 9.90 Å². The summed E-state index contributed by atoms with van der Waals surface area (Å²) in [5.41, 5.74) is 0.963. The van der Waals surface area contributed by atoms with Gasteiger partial charge in [-0.3, -0.25) is 4.79 Å². The fourth-order valence-corrected chi connectivity index (χ4v) is 3.14. The van der Waals surface area contributed by atoms with Gasteiger partial charge in [0.2, 0.25) is 0 Å². The Morgan fingerprint density at radius 2 is 2.04 bits per heavy atom. The second-order valence-corrected chi connectivity index (χ2v) is 7.31. The van der Waals surface area contributed by atoms with E-state index in [2.05, 4.69) is 0 Å². The van der Waals surface area contributed by atoms with E-state index in [9.17, 15) is 4.79 Å². The Morgan fingerprint density at radius 3 is 2.76 bits per heavy atom. The van der Waals surface area contributed by atoms with Crippen molar-refractivity contribution in [3.63, 3.8) is 0 Å². The van der Waals surface area contributed by atoms with Gasteiger partial charge in [-0.25, -0.2) is 0 Å². The molecule has 0 saturated heterocycles. The van der Waals surface area contributed by atoms with Crippen molar-refractivity contribution in [3.8, 4) is 5.75 Å². The minimum absolute atomic E-state index is 0.0241. The van der Waals surface area contributed by atoms with E-state index in [4.69, 9.17) is 20.8 Å². The first kappa shape index (κ1) is 17.5. The molecule has 0 saturated carbocycles. The highest BCUT2D eigenvalue weighted by Crippen LogP contribution is 2.22. The molecule has 1 aromatic carbocycles. The molecule has 5 heteroatoms. The SMILES string of the molecule is Cc1ccc(C(=O)/C=C/c2ccc(COc3ccc(Cl)c(C)c3)o2)s1. The van der Waals surface area contributed by atoms with Crippen molar-refractivity contribution >= 4 is 34.8 Å². The second kappa shape index (κ2) is 7.72. The summed E-state index contributed by atoms with van der Waals surface area (Å²) in [6, 6.07) is 12.9. The molecular formula is C20H17ClO3S. The Kier molecular flexibility index (Phi) is 5.41. The number of hydrogen-bond donors (Lipinski definition) is 0. The van der Waals surface area contributed by atoms with Crippen LogP contribution in [0.15, 0.2) is 53.0 Å². The minimum atomic E-state index is -0.0241. The number of furan rings is 1. The average molecular weight is 373 g/mol. The van der Waals surface area contributed by atoms with Crippen molar-refractivity contribution < 1.29 is 13.9 Å². The molecule has 0 amide bonds. The number of benzene rings is 1. The molecule has 25 heavy (non-hydrogen) atoms. The maximum absolute atomic E-state index is 12.1. The standard InChI is InChI=1S/C20H17ClO3S/c1-13-11-16(6-8-18(13)21)23-12-17-5-4-15(24-17)7-9-19(22)20-10-3-14(2)25-20/h3-11H,12H2,1-2H3/b9-7+. The lowest BCUT2D eigenvalue weighted by molar-refractivity contribution is 0.105. The Bertz CT molecular complexity index is 921. The Labute approximate surface area is 155 Å². The lowest BCUT2D eigenvalue weighted by atomic mass is 10.2. The molecule has 0 unspecified atom stereocenters. The smallest absolute Gasteiger partial charge is 0.195 e. The number of hydrogen-bond acceptors (Lipinski definition) is 4. The van der Waals surface area contributed by atoms with Crippen LogP contribution in [0.3, 0.4) is 0 Å². The number of carbonyl (C=O) groups excluding carboxylic acids is 1. The van der Waals surface area contributed by atoms with Gasteiger partial charge in [-0.1, -0.05) is 11.6 Å². The Balaban J connectivity index is 1.59. The molecule has 3 aromatic rings. The number of aryl methyl sites for hydroxylation is 2. The van der Waals surface area contributed by atoms with E-state index < -0.39 is 0 Å². The van der Waals surface area contributed by atoms with E-state index in [1.165, 1.54) is 17.4 Å². The fourth-order valence-electron chi connectivity index (χ4n) is 2.23. The highest BCUT2D eigenvalue weighted by atomic mass is 35.5. The zero-order chi connectivity index (χ0) is 17.8. The van der Waals surface area contributed by atoms with Gasteiger partial charge in [0.1, 0.15) is 23.9 Å². The van der Waals surface area contributed by atoms with E-state index in [1.807, 2.05) is 50.2 Å². The first-order valence-corrected chi connectivity index (χ1v) is 8.97. The lowest BCUT2D eigenvalue weighted by Gasteiger charge is -2.05. The van der Waals surface area contributed by atoms with Crippen molar-refractivity contribution in [2.24, 2.45) is 0 Å². The number of ether oxygens (including phenoxy) is 1. The van der Waals surface area contributed by atoms with Crippen LogP contribution in [-0.2, 0) is 6.61 Å². The normalized spacial score (nSPS) is 11.2. The topological polar surface area (TPSA) is 39.4 Å². The number of halogens is 1. The van der Waals surface area contributed by atoms with E-state index in [0.717, 1.165) is 21.1 Å². The zero-order valence-corrected chi connectivity index (χ0v) is 15.5. The van der Waals surface area contributed by atoms with Gasteiger partial charge in [0.05, 0.1) is 4.88 Å². The number of allylic oxidation sites excluding steroid dienone is 1. The molecule has 0 fully saturated rings. The van der Waals surface area contributed by atoms with Crippen LogP contribution >= 0.6 is 22.9 Å². The number of thiophene rings is 1. The third kappa shape index (κ3) is 4.62. The summed E-state index contributed by atoms with van der Waals surface area (Å²) in [6.45, 7) is 4.22. The van der Waals surface area contributed by atoms with Crippen LogP contribution in [-0.4, -0.2) is 5.78 Å².